The molecule has 2 heterocycles. The van der Waals surface area contributed by atoms with Crippen LogP contribution in [0.5, 0.6) is 17.2 Å². The number of rotatable bonds is 7. The number of ketones is 2. The van der Waals surface area contributed by atoms with Gasteiger partial charge in [-0.1, -0.05) is 0 Å². The molecule has 3 aliphatic rings. The van der Waals surface area contributed by atoms with Crippen molar-refractivity contribution < 1.29 is 78.9 Å². The number of carbonyl (C=O) groups excluding carboxylic acids is 3. The van der Waals surface area contributed by atoms with Gasteiger partial charge in [-0.05, 0) is 31.2 Å². The summed E-state index contributed by atoms with van der Waals surface area (Å²) in [6.45, 7) is 1.11. The highest BCUT2D eigenvalue weighted by atomic mass is 16.8. The second-order valence-electron chi connectivity index (χ2n) is 10.9. The number of fused-ring (bicyclic) bond motifs is 2. The quantitative estimate of drug-likeness (QED) is 0.127. The van der Waals surface area contributed by atoms with E-state index >= 15 is 0 Å². The number of aliphatic hydroxyl groups is 6. The van der Waals surface area contributed by atoms with Gasteiger partial charge in [-0.25, -0.2) is 0 Å². The van der Waals surface area contributed by atoms with Crippen molar-refractivity contribution in [3.05, 3.63) is 52.1 Å². The molecule has 16 nitrogen and oxygen atoms in total. The number of aliphatic hydroxyl groups excluding tert-OH is 6. The van der Waals surface area contributed by atoms with Crippen molar-refractivity contribution >= 4 is 17.5 Å². The molecule has 5 rings (SSSR count). The Morgan fingerprint density at radius 3 is 2.16 bits per heavy atom. The van der Waals surface area contributed by atoms with Crippen molar-refractivity contribution in [3.63, 3.8) is 0 Å². The Labute approximate surface area is 254 Å². The third kappa shape index (κ3) is 5.87. The van der Waals surface area contributed by atoms with Gasteiger partial charge in [0.1, 0.15) is 66.6 Å². The maximum Gasteiger partial charge on any atom is 0.302 e. The van der Waals surface area contributed by atoms with Crippen LogP contribution in [-0.2, 0) is 23.7 Å². The van der Waals surface area contributed by atoms with Crippen molar-refractivity contribution in [3.8, 4) is 17.2 Å². The van der Waals surface area contributed by atoms with Gasteiger partial charge in [-0.15, -0.1) is 0 Å². The standard InChI is InChI=1S/C29H32O16/c1-9-15(6-14-18(19(9)33)21(35)12-4-3-11(32)5-13(12)20(14)34)42-29-27(25(39)22(36)16(7-30)43-29)45-28-26(40)24(38)23(37)17(44-28)8-41-10(2)31/h3-6,16-17,22-30,32-33,36-40H,7-8H2,1-2H3/t16-,17+,22+,23+,24-,25-,26-,27-,28-,29+/m1/s1. The summed E-state index contributed by atoms with van der Waals surface area (Å²) in [6.07, 6.45) is -17.3. The van der Waals surface area contributed by atoms with Gasteiger partial charge in [-0.2, -0.15) is 0 Å². The Morgan fingerprint density at radius 1 is 0.822 bits per heavy atom. The summed E-state index contributed by atoms with van der Waals surface area (Å²) in [4.78, 5) is 37.8. The monoisotopic (exact) mass is 636 g/mol. The fourth-order valence-electron chi connectivity index (χ4n) is 5.41. The van der Waals surface area contributed by atoms with Crippen molar-refractivity contribution in [1.29, 1.82) is 0 Å². The molecule has 2 aromatic carbocycles. The van der Waals surface area contributed by atoms with Crippen LogP contribution in [0, 0.1) is 6.92 Å². The molecule has 16 heteroatoms. The molecule has 0 bridgehead atoms. The van der Waals surface area contributed by atoms with Gasteiger partial charge in [0.15, 0.2) is 24.0 Å². The summed E-state index contributed by atoms with van der Waals surface area (Å²) in [7, 11) is 0. The minimum atomic E-state index is -1.93. The van der Waals surface area contributed by atoms with Crippen LogP contribution < -0.4 is 4.74 Å². The largest absolute Gasteiger partial charge is 0.508 e. The first-order chi connectivity index (χ1) is 21.2. The number of ether oxygens (including phenoxy) is 5. The van der Waals surface area contributed by atoms with Crippen LogP contribution in [0.15, 0.2) is 24.3 Å². The normalized spacial score (nSPS) is 32.9. The Kier molecular flexibility index (Phi) is 9.14. The number of phenols is 2. The maximum atomic E-state index is 13.3. The lowest BCUT2D eigenvalue weighted by molar-refractivity contribution is -0.358. The molecule has 1 aliphatic carbocycles. The van der Waals surface area contributed by atoms with E-state index in [9.17, 15) is 55.2 Å². The van der Waals surface area contributed by atoms with E-state index in [1.165, 1.54) is 19.1 Å². The first kappa shape index (κ1) is 32.7. The Hall–Kier alpha value is -3.71. The van der Waals surface area contributed by atoms with Crippen molar-refractivity contribution in [2.24, 2.45) is 0 Å². The summed E-state index contributed by atoms with van der Waals surface area (Å²) in [5.41, 5.74) is -0.793. The second-order valence-corrected chi connectivity index (χ2v) is 10.9. The van der Waals surface area contributed by atoms with Gasteiger partial charge in [0, 0.05) is 29.2 Å². The molecule has 45 heavy (non-hydrogen) atoms. The highest BCUT2D eigenvalue weighted by Crippen LogP contribution is 2.41. The minimum Gasteiger partial charge on any atom is -0.508 e. The fourth-order valence-corrected chi connectivity index (χ4v) is 5.41. The molecule has 244 valence electrons. The predicted octanol–water partition coefficient (Wildman–Crippen LogP) is -2.24. The molecular weight excluding hydrogens is 604 g/mol. The predicted molar refractivity (Wildman–Crippen MR) is 144 cm³/mol. The lowest BCUT2D eigenvalue weighted by Crippen LogP contribution is -2.65. The number of hydrogen-bond acceptors (Lipinski definition) is 16. The van der Waals surface area contributed by atoms with Gasteiger partial charge in [0.2, 0.25) is 6.29 Å². The third-order valence-electron chi connectivity index (χ3n) is 7.95. The Morgan fingerprint density at radius 2 is 1.49 bits per heavy atom. The molecule has 2 fully saturated rings. The van der Waals surface area contributed by atoms with E-state index in [-0.39, 0.29) is 39.3 Å². The van der Waals surface area contributed by atoms with E-state index in [0.717, 1.165) is 19.1 Å². The molecule has 10 atom stereocenters. The third-order valence-corrected chi connectivity index (χ3v) is 7.95. The highest BCUT2D eigenvalue weighted by molar-refractivity contribution is 6.29. The Balaban J connectivity index is 1.47. The lowest BCUT2D eigenvalue weighted by atomic mass is 9.82. The zero-order valence-electron chi connectivity index (χ0n) is 23.8. The van der Waals surface area contributed by atoms with Crippen LogP contribution in [0.2, 0.25) is 0 Å². The van der Waals surface area contributed by atoms with Gasteiger partial charge in [-0.3, -0.25) is 14.4 Å². The van der Waals surface area contributed by atoms with E-state index in [4.69, 9.17) is 23.7 Å². The zero-order chi connectivity index (χ0) is 32.9. The van der Waals surface area contributed by atoms with Crippen LogP contribution >= 0.6 is 0 Å². The smallest absolute Gasteiger partial charge is 0.302 e. The minimum absolute atomic E-state index is 0.0361. The SMILES string of the molecule is CC(=O)OC[C@@H]1O[C@H](O[C@H]2[C@@H](Oc3cc4c(c(O)c3C)C(=O)c3ccc(O)cc3C4=O)O[C@H](CO)[C@H](O)[C@H]2O)[C@H](O)[C@H](O)[C@H]1O. The first-order valence-corrected chi connectivity index (χ1v) is 13.8. The number of aromatic hydroxyl groups is 2. The molecule has 0 radical (unpaired) electrons. The van der Waals surface area contributed by atoms with Crippen LogP contribution in [-0.4, -0.2) is 133 Å². The van der Waals surface area contributed by atoms with E-state index in [0.29, 0.717) is 0 Å². The molecule has 2 saturated heterocycles. The molecule has 0 spiro atoms. The fraction of sp³-hybridized carbons (Fsp3) is 0.483. The van der Waals surface area contributed by atoms with Crippen LogP contribution in [0.1, 0.15) is 44.3 Å². The molecule has 0 saturated carbocycles. The highest BCUT2D eigenvalue weighted by Gasteiger charge is 2.52. The number of benzene rings is 2. The maximum absolute atomic E-state index is 13.3. The van der Waals surface area contributed by atoms with Crippen LogP contribution in [0.3, 0.4) is 0 Å². The number of phenolic OH excluding ortho intramolecular Hbond substituents is 2. The topological polar surface area (TPSA) is 259 Å². The average molecular weight is 637 g/mol. The first-order valence-electron chi connectivity index (χ1n) is 13.8. The van der Waals surface area contributed by atoms with Crippen molar-refractivity contribution in [2.75, 3.05) is 13.2 Å². The van der Waals surface area contributed by atoms with E-state index < -0.39 is 97.9 Å². The van der Waals surface area contributed by atoms with E-state index in [1.807, 2.05) is 0 Å². The summed E-state index contributed by atoms with van der Waals surface area (Å²) in [5, 5.41) is 83.4. The Bertz CT molecular complexity index is 1490. The van der Waals surface area contributed by atoms with E-state index in [1.54, 1.807) is 0 Å². The number of hydrogen-bond donors (Lipinski definition) is 8. The summed E-state index contributed by atoms with van der Waals surface area (Å²) in [6, 6.07) is 4.70. The van der Waals surface area contributed by atoms with Gasteiger partial charge >= 0.3 is 5.97 Å². The number of carbonyl (C=O) groups is 3. The lowest BCUT2D eigenvalue weighted by Gasteiger charge is -2.46. The molecular formula is C29H32O16. The van der Waals surface area contributed by atoms with Crippen molar-refractivity contribution in [2.45, 2.75) is 75.3 Å². The summed E-state index contributed by atoms with van der Waals surface area (Å²) >= 11 is 0. The zero-order valence-corrected chi connectivity index (χ0v) is 23.8. The van der Waals surface area contributed by atoms with Gasteiger partial charge in [0.25, 0.3) is 0 Å². The number of esters is 1. The second kappa shape index (κ2) is 12.6. The van der Waals surface area contributed by atoms with Gasteiger partial charge < -0.3 is 64.5 Å². The molecule has 0 unspecified atom stereocenters. The van der Waals surface area contributed by atoms with Gasteiger partial charge in [0.05, 0.1) is 12.2 Å². The van der Waals surface area contributed by atoms with Crippen LogP contribution in [0.4, 0.5) is 0 Å². The molecule has 2 aromatic rings. The summed E-state index contributed by atoms with van der Waals surface area (Å²) < 4.78 is 27.6. The molecule has 2 aliphatic heterocycles. The van der Waals surface area contributed by atoms with E-state index in [2.05, 4.69) is 0 Å². The molecule has 0 aromatic heterocycles. The average Bonchev–Trinajstić information content (AvgIpc) is 3.00. The van der Waals surface area contributed by atoms with Crippen LogP contribution in [0.25, 0.3) is 0 Å². The summed E-state index contributed by atoms with van der Waals surface area (Å²) in [5.74, 6) is -3.26. The molecule has 0 amide bonds. The molecule has 8 N–H and O–H groups in total. The van der Waals surface area contributed by atoms with Crippen molar-refractivity contribution in [1.82, 2.24) is 0 Å².